The minimum absolute atomic E-state index is 0.133. The zero-order chi connectivity index (χ0) is 23.8. The van der Waals surface area contributed by atoms with Gasteiger partial charge in [0.25, 0.3) is 5.91 Å². The van der Waals surface area contributed by atoms with E-state index in [1.807, 2.05) is 49.6 Å². The molecular weight excluding hydrogens is 440 g/mol. The van der Waals surface area contributed by atoms with Crippen LogP contribution >= 0.6 is 11.3 Å². The van der Waals surface area contributed by atoms with Crippen LogP contribution in [0.1, 0.15) is 20.8 Å². The number of carbonyl (C=O) groups excluding carboxylic acids is 3. The molecule has 0 aliphatic heterocycles. The predicted octanol–water partition coefficient (Wildman–Crippen LogP) is 3.93. The molecule has 0 aliphatic carbocycles. The first-order valence-corrected chi connectivity index (χ1v) is 11.3. The van der Waals surface area contributed by atoms with Crippen molar-refractivity contribution in [2.24, 2.45) is 5.92 Å². The monoisotopic (exact) mass is 466 g/mol. The number of amides is 3. The summed E-state index contributed by atoms with van der Waals surface area (Å²) in [4.78, 5) is 40.8. The Morgan fingerprint density at radius 2 is 1.70 bits per heavy atom. The smallest absolute Gasteiger partial charge is 0.258 e. The van der Waals surface area contributed by atoms with Crippen molar-refractivity contribution in [1.29, 1.82) is 0 Å². The van der Waals surface area contributed by atoms with Crippen LogP contribution in [0.2, 0.25) is 0 Å². The first-order chi connectivity index (χ1) is 15.8. The number of hydrogen-bond donors (Lipinski definition) is 3. The normalized spacial score (nSPS) is 11.5. The molecular formula is C24H26N4O4S. The van der Waals surface area contributed by atoms with Crippen LogP contribution in [0.4, 0.5) is 10.8 Å². The summed E-state index contributed by atoms with van der Waals surface area (Å²) < 4.78 is 5.45. The van der Waals surface area contributed by atoms with Crippen LogP contribution in [-0.2, 0) is 14.4 Å². The SMILES string of the molecule is CC(=O)Nc1ccc(-c2csc(NC(=O)[C@H](NC(=O)COc3ccccc3)C(C)C)n2)cc1. The first kappa shape index (κ1) is 23.9. The van der Waals surface area contributed by atoms with E-state index in [2.05, 4.69) is 20.9 Å². The van der Waals surface area contributed by atoms with E-state index in [0.29, 0.717) is 22.3 Å². The van der Waals surface area contributed by atoms with Crippen molar-refractivity contribution in [1.82, 2.24) is 10.3 Å². The molecule has 0 bridgehead atoms. The maximum absolute atomic E-state index is 12.8. The summed E-state index contributed by atoms with van der Waals surface area (Å²) in [5.74, 6) is -0.420. The van der Waals surface area contributed by atoms with Gasteiger partial charge in [-0.15, -0.1) is 11.3 Å². The highest BCUT2D eigenvalue weighted by molar-refractivity contribution is 7.14. The fourth-order valence-electron chi connectivity index (χ4n) is 2.99. The maximum atomic E-state index is 12.8. The number of carbonyl (C=O) groups is 3. The van der Waals surface area contributed by atoms with Crippen LogP contribution in [0.25, 0.3) is 11.3 Å². The molecule has 0 unspecified atom stereocenters. The zero-order valence-electron chi connectivity index (χ0n) is 18.6. The number of hydrogen-bond acceptors (Lipinski definition) is 6. The number of para-hydroxylation sites is 1. The summed E-state index contributed by atoms with van der Waals surface area (Å²) in [7, 11) is 0. The number of rotatable bonds is 9. The van der Waals surface area contributed by atoms with E-state index in [4.69, 9.17) is 4.74 Å². The summed E-state index contributed by atoms with van der Waals surface area (Å²) in [6, 6.07) is 15.5. The molecule has 0 saturated heterocycles. The molecule has 0 spiro atoms. The molecule has 3 amide bonds. The van der Waals surface area contributed by atoms with Crippen molar-refractivity contribution in [3.05, 3.63) is 60.0 Å². The minimum atomic E-state index is -0.735. The van der Waals surface area contributed by atoms with Gasteiger partial charge in [-0.05, 0) is 30.2 Å². The lowest BCUT2D eigenvalue weighted by atomic mass is 10.0. The standard InChI is InChI=1S/C24H26N4O4S/c1-15(2)22(27-21(30)13-32-19-7-5-4-6-8-19)23(31)28-24-26-20(14-33-24)17-9-11-18(12-10-17)25-16(3)29/h4-12,14-15,22H,13H2,1-3H3,(H,25,29)(H,27,30)(H,26,28,31)/t22-/m1/s1. The predicted molar refractivity (Wildman–Crippen MR) is 129 cm³/mol. The van der Waals surface area contributed by atoms with E-state index in [1.165, 1.54) is 18.3 Å². The van der Waals surface area contributed by atoms with Gasteiger partial charge >= 0.3 is 0 Å². The first-order valence-electron chi connectivity index (χ1n) is 10.4. The topological polar surface area (TPSA) is 109 Å². The molecule has 0 saturated carbocycles. The second-order valence-electron chi connectivity index (χ2n) is 7.68. The molecule has 3 N–H and O–H groups in total. The van der Waals surface area contributed by atoms with Gasteiger partial charge in [-0.3, -0.25) is 14.4 Å². The third-order valence-corrected chi connectivity index (χ3v) is 5.37. The third-order valence-electron chi connectivity index (χ3n) is 4.61. The Labute approximate surface area is 196 Å². The number of thiazole rings is 1. The Kier molecular flexibility index (Phi) is 8.15. The molecule has 1 aromatic heterocycles. The van der Waals surface area contributed by atoms with Crippen LogP contribution in [0.3, 0.4) is 0 Å². The molecule has 0 fully saturated rings. The van der Waals surface area contributed by atoms with Gasteiger partial charge in [0.1, 0.15) is 11.8 Å². The summed E-state index contributed by atoms with van der Waals surface area (Å²) in [6.45, 7) is 4.97. The average Bonchev–Trinajstić information content (AvgIpc) is 3.25. The number of benzene rings is 2. The van der Waals surface area contributed by atoms with Gasteiger partial charge in [0.2, 0.25) is 11.8 Å². The highest BCUT2D eigenvalue weighted by atomic mass is 32.1. The molecule has 2 aromatic carbocycles. The number of nitrogens with one attached hydrogen (secondary N) is 3. The van der Waals surface area contributed by atoms with Crippen molar-refractivity contribution < 1.29 is 19.1 Å². The molecule has 1 atom stereocenters. The van der Waals surface area contributed by atoms with Crippen LogP contribution in [0.5, 0.6) is 5.75 Å². The molecule has 0 radical (unpaired) electrons. The maximum Gasteiger partial charge on any atom is 0.258 e. The number of nitrogens with zero attached hydrogens (tertiary/aromatic N) is 1. The lowest BCUT2D eigenvalue weighted by molar-refractivity contribution is -0.128. The van der Waals surface area contributed by atoms with E-state index < -0.39 is 6.04 Å². The van der Waals surface area contributed by atoms with E-state index in [9.17, 15) is 14.4 Å². The van der Waals surface area contributed by atoms with Gasteiger partial charge in [0.05, 0.1) is 5.69 Å². The lowest BCUT2D eigenvalue weighted by Gasteiger charge is -2.21. The van der Waals surface area contributed by atoms with Gasteiger partial charge in [0.15, 0.2) is 11.7 Å². The van der Waals surface area contributed by atoms with E-state index >= 15 is 0 Å². The second-order valence-corrected chi connectivity index (χ2v) is 8.53. The molecule has 3 aromatic rings. The Balaban J connectivity index is 1.58. The van der Waals surface area contributed by atoms with Gasteiger partial charge < -0.3 is 20.7 Å². The number of aromatic nitrogens is 1. The zero-order valence-corrected chi connectivity index (χ0v) is 19.4. The summed E-state index contributed by atoms with van der Waals surface area (Å²) in [5.41, 5.74) is 2.25. The van der Waals surface area contributed by atoms with Crippen molar-refractivity contribution in [3.63, 3.8) is 0 Å². The van der Waals surface area contributed by atoms with Crippen LogP contribution in [0.15, 0.2) is 60.0 Å². The second kappa shape index (κ2) is 11.2. The van der Waals surface area contributed by atoms with Gasteiger partial charge in [-0.2, -0.15) is 0 Å². The Bertz CT molecular complexity index is 1100. The number of anilines is 2. The number of ether oxygens (including phenoxy) is 1. The van der Waals surface area contributed by atoms with Crippen LogP contribution in [-0.4, -0.2) is 35.4 Å². The van der Waals surface area contributed by atoms with Crippen molar-refractivity contribution in [2.75, 3.05) is 17.2 Å². The highest BCUT2D eigenvalue weighted by Gasteiger charge is 2.25. The Morgan fingerprint density at radius 3 is 2.33 bits per heavy atom. The third kappa shape index (κ3) is 7.15. The van der Waals surface area contributed by atoms with Crippen LogP contribution in [0, 0.1) is 5.92 Å². The molecule has 172 valence electrons. The fourth-order valence-corrected chi connectivity index (χ4v) is 3.71. The van der Waals surface area contributed by atoms with Crippen LogP contribution < -0.4 is 20.7 Å². The van der Waals surface area contributed by atoms with Gasteiger partial charge in [-0.1, -0.05) is 44.2 Å². The Morgan fingerprint density at radius 1 is 1.00 bits per heavy atom. The lowest BCUT2D eigenvalue weighted by Crippen LogP contribution is -2.48. The van der Waals surface area contributed by atoms with E-state index in [0.717, 1.165) is 5.56 Å². The van der Waals surface area contributed by atoms with E-state index in [-0.39, 0.29) is 30.2 Å². The largest absolute Gasteiger partial charge is 0.484 e. The average molecular weight is 467 g/mol. The molecule has 3 rings (SSSR count). The van der Waals surface area contributed by atoms with Gasteiger partial charge in [-0.25, -0.2) is 4.98 Å². The highest BCUT2D eigenvalue weighted by Crippen LogP contribution is 2.26. The van der Waals surface area contributed by atoms with E-state index in [1.54, 1.807) is 24.3 Å². The summed E-state index contributed by atoms with van der Waals surface area (Å²) in [6.07, 6.45) is 0. The molecule has 1 heterocycles. The molecule has 9 heteroatoms. The molecule has 8 nitrogen and oxygen atoms in total. The summed E-state index contributed by atoms with van der Waals surface area (Å²) in [5, 5.41) is 10.5. The quantitative estimate of drug-likeness (QED) is 0.443. The van der Waals surface area contributed by atoms with Gasteiger partial charge in [0, 0.05) is 23.6 Å². The van der Waals surface area contributed by atoms with Crippen molar-refractivity contribution in [3.8, 4) is 17.0 Å². The fraction of sp³-hybridized carbons (Fsp3) is 0.250. The minimum Gasteiger partial charge on any atom is -0.484 e. The Hall–Kier alpha value is -3.72. The van der Waals surface area contributed by atoms with Crippen molar-refractivity contribution >= 4 is 39.9 Å². The molecule has 0 aliphatic rings. The summed E-state index contributed by atoms with van der Waals surface area (Å²) >= 11 is 1.29. The molecule has 33 heavy (non-hydrogen) atoms. The van der Waals surface area contributed by atoms with Crippen molar-refractivity contribution in [2.45, 2.75) is 26.8 Å².